The third-order valence-electron chi connectivity index (χ3n) is 3.57. The Balaban J connectivity index is 1.85. The average Bonchev–Trinajstić information content (AvgIpc) is 2.47. The van der Waals surface area contributed by atoms with Crippen molar-refractivity contribution in [1.82, 2.24) is 9.97 Å². The number of nitrogens with zero attached hydrogens (tertiary/aromatic N) is 3. The van der Waals surface area contributed by atoms with Crippen molar-refractivity contribution in [2.45, 2.75) is 26.8 Å². The van der Waals surface area contributed by atoms with Crippen molar-refractivity contribution in [3.05, 3.63) is 47.4 Å². The molecule has 0 unspecified atom stereocenters. The van der Waals surface area contributed by atoms with E-state index < -0.39 is 0 Å². The molecule has 2 heterocycles. The predicted octanol–water partition coefficient (Wildman–Crippen LogP) is 2.75. The lowest BCUT2D eigenvalue weighted by Crippen LogP contribution is -2.31. The van der Waals surface area contributed by atoms with Crippen LogP contribution in [0.5, 0.6) is 5.75 Å². The molecule has 0 amide bonds. The smallest absolute Gasteiger partial charge is 0.147 e. The van der Waals surface area contributed by atoms with Crippen LogP contribution in [0.15, 0.2) is 30.6 Å². The molecule has 4 nitrogen and oxygen atoms in total. The van der Waals surface area contributed by atoms with E-state index in [9.17, 15) is 0 Å². The van der Waals surface area contributed by atoms with Crippen molar-refractivity contribution in [2.24, 2.45) is 0 Å². The first-order chi connectivity index (χ1) is 9.76. The lowest BCUT2D eigenvalue weighted by Gasteiger charge is -2.30. The molecule has 3 rings (SSSR count). The van der Waals surface area contributed by atoms with Crippen LogP contribution >= 0.6 is 0 Å². The summed E-state index contributed by atoms with van der Waals surface area (Å²) >= 11 is 0. The van der Waals surface area contributed by atoms with E-state index in [4.69, 9.17) is 4.74 Å². The number of aryl methyl sites for hydroxylation is 1. The fraction of sp³-hybridized carbons (Fsp3) is 0.375. The highest BCUT2D eigenvalue weighted by Gasteiger charge is 2.18. The molecule has 2 aromatic rings. The summed E-state index contributed by atoms with van der Waals surface area (Å²) in [5.74, 6) is 1.90. The van der Waals surface area contributed by atoms with Crippen LogP contribution in [-0.2, 0) is 13.0 Å². The van der Waals surface area contributed by atoms with Crippen LogP contribution in [0, 0.1) is 6.92 Å². The van der Waals surface area contributed by atoms with Gasteiger partial charge >= 0.3 is 0 Å². The summed E-state index contributed by atoms with van der Waals surface area (Å²) in [7, 11) is 0. The van der Waals surface area contributed by atoms with Gasteiger partial charge in [-0.15, -0.1) is 0 Å². The second-order valence-electron chi connectivity index (χ2n) is 5.05. The predicted molar refractivity (Wildman–Crippen MR) is 79.1 cm³/mol. The van der Waals surface area contributed by atoms with Gasteiger partial charge in [-0.2, -0.15) is 0 Å². The van der Waals surface area contributed by atoms with Crippen LogP contribution in [0.25, 0.3) is 0 Å². The normalized spacial score (nSPS) is 14.0. The Morgan fingerprint density at radius 3 is 2.95 bits per heavy atom. The molecule has 0 saturated carbocycles. The summed E-state index contributed by atoms with van der Waals surface area (Å²) in [5, 5.41) is 0. The van der Waals surface area contributed by atoms with Crippen molar-refractivity contribution in [3.63, 3.8) is 0 Å². The molecule has 0 bridgehead atoms. The molecule has 0 saturated heterocycles. The Morgan fingerprint density at radius 2 is 2.15 bits per heavy atom. The minimum absolute atomic E-state index is 0.700. The zero-order valence-electron chi connectivity index (χ0n) is 12.0. The zero-order valence-corrected chi connectivity index (χ0v) is 12.0. The molecule has 4 heteroatoms. The molecule has 0 spiro atoms. The van der Waals surface area contributed by atoms with Crippen molar-refractivity contribution in [2.75, 3.05) is 18.1 Å². The SMILES string of the molecule is CCOc1ccc2c(c1)CN(c1cncc(C)n1)CC2. The molecule has 0 aliphatic carbocycles. The van der Waals surface area contributed by atoms with Crippen LogP contribution in [-0.4, -0.2) is 23.1 Å². The number of ether oxygens (including phenoxy) is 1. The van der Waals surface area contributed by atoms with E-state index in [2.05, 4.69) is 33.1 Å². The van der Waals surface area contributed by atoms with E-state index >= 15 is 0 Å². The van der Waals surface area contributed by atoms with Crippen LogP contribution in [0.4, 0.5) is 5.82 Å². The van der Waals surface area contributed by atoms with Crippen LogP contribution < -0.4 is 9.64 Å². The number of aromatic nitrogens is 2. The Labute approximate surface area is 119 Å². The van der Waals surface area contributed by atoms with E-state index in [-0.39, 0.29) is 0 Å². The first-order valence-corrected chi connectivity index (χ1v) is 7.04. The average molecular weight is 269 g/mol. The summed E-state index contributed by atoms with van der Waals surface area (Å²) in [5.41, 5.74) is 3.69. The van der Waals surface area contributed by atoms with Crippen molar-refractivity contribution in [1.29, 1.82) is 0 Å². The second-order valence-corrected chi connectivity index (χ2v) is 5.05. The van der Waals surface area contributed by atoms with Gasteiger partial charge in [-0.3, -0.25) is 4.98 Å². The topological polar surface area (TPSA) is 38.2 Å². The van der Waals surface area contributed by atoms with Gasteiger partial charge in [0.15, 0.2) is 0 Å². The number of benzene rings is 1. The molecule has 1 aliphatic rings. The van der Waals surface area contributed by atoms with Crippen LogP contribution in [0.3, 0.4) is 0 Å². The molecule has 0 fully saturated rings. The highest BCUT2D eigenvalue weighted by Crippen LogP contribution is 2.26. The highest BCUT2D eigenvalue weighted by atomic mass is 16.5. The third-order valence-corrected chi connectivity index (χ3v) is 3.57. The molecule has 0 radical (unpaired) electrons. The minimum atomic E-state index is 0.700. The number of hydrogen-bond donors (Lipinski definition) is 0. The molecular formula is C16H19N3O. The lowest BCUT2D eigenvalue weighted by atomic mass is 9.99. The Morgan fingerprint density at radius 1 is 1.25 bits per heavy atom. The van der Waals surface area contributed by atoms with Gasteiger partial charge in [-0.05, 0) is 43.5 Å². The van der Waals surface area contributed by atoms with E-state index in [0.29, 0.717) is 6.61 Å². The lowest BCUT2D eigenvalue weighted by molar-refractivity contribution is 0.339. The number of hydrogen-bond acceptors (Lipinski definition) is 4. The molecule has 1 aromatic carbocycles. The van der Waals surface area contributed by atoms with Gasteiger partial charge in [-0.1, -0.05) is 6.07 Å². The Kier molecular flexibility index (Phi) is 3.54. The summed E-state index contributed by atoms with van der Waals surface area (Å²) in [6, 6.07) is 6.39. The van der Waals surface area contributed by atoms with Crippen LogP contribution in [0.2, 0.25) is 0 Å². The number of rotatable bonds is 3. The maximum atomic E-state index is 5.59. The third kappa shape index (κ3) is 2.59. The van der Waals surface area contributed by atoms with E-state index in [0.717, 1.165) is 36.8 Å². The van der Waals surface area contributed by atoms with Crippen LogP contribution in [0.1, 0.15) is 23.7 Å². The molecule has 104 valence electrons. The van der Waals surface area contributed by atoms with Gasteiger partial charge in [0.1, 0.15) is 11.6 Å². The fourth-order valence-electron chi connectivity index (χ4n) is 2.59. The van der Waals surface area contributed by atoms with Gasteiger partial charge in [0.05, 0.1) is 18.5 Å². The summed E-state index contributed by atoms with van der Waals surface area (Å²) in [4.78, 5) is 11.1. The quantitative estimate of drug-likeness (QED) is 0.858. The van der Waals surface area contributed by atoms with Crippen molar-refractivity contribution in [3.8, 4) is 5.75 Å². The number of fused-ring (bicyclic) bond motifs is 1. The fourth-order valence-corrected chi connectivity index (χ4v) is 2.59. The number of anilines is 1. The molecule has 1 aliphatic heterocycles. The first kappa shape index (κ1) is 12.9. The van der Waals surface area contributed by atoms with Gasteiger partial charge in [0, 0.05) is 19.3 Å². The second kappa shape index (κ2) is 5.49. The molecule has 0 atom stereocenters. The first-order valence-electron chi connectivity index (χ1n) is 7.04. The largest absolute Gasteiger partial charge is 0.494 e. The monoisotopic (exact) mass is 269 g/mol. The van der Waals surface area contributed by atoms with Crippen molar-refractivity contribution >= 4 is 5.82 Å². The highest BCUT2D eigenvalue weighted by molar-refractivity contribution is 5.45. The maximum Gasteiger partial charge on any atom is 0.147 e. The molecule has 1 aromatic heterocycles. The van der Waals surface area contributed by atoms with E-state index in [1.807, 2.05) is 20.0 Å². The molecular weight excluding hydrogens is 250 g/mol. The summed E-state index contributed by atoms with van der Waals surface area (Å²) < 4.78 is 5.59. The Hall–Kier alpha value is -2.10. The standard InChI is InChI=1S/C16H19N3O/c1-3-20-15-5-4-13-6-7-19(11-14(13)8-15)16-10-17-9-12(2)18-16/h4-5,8-10H,3,6-7,11H2,1-2H3. The summed E-state index contributed by atoms with van der Waals surface area (Å²) in [6.45, 7) is 6.54. The summed E-state index contributed by atoms with van der Waals surface area (Å²) in [6.07, 6.45) is 4.66. The maximum absolute atomic E-state index is 5.59. The van der Waals surface area contributed by atoms with Gasteiger partial charge in [0.2, 0.25) is 0 Å². The van der Waals surface area contributed by atoms with E-state index in [1.165, 1.54) is 11.1 Å². The van der Waals surface area contributed by atoms with Gasteiger partial charge in [0.25, 0.3) is 0 Å². The van der Waals surface area contributed by atoms with Crippen molar-refractivity contribution < 1.29 is 4.74 Å². The Bertz CT molecular complexity index is 612. The zero-order chi connectivity index (χ0) is 13.9. The molecule has 0 N–H and O–H groups in total. The van der Waals surface area contributed by atoms with Gasteiger partial charge < -0.3 is 9.64 Å². The van der Waals surface area contributed by atoms with E-state index in [1.54, 1.807) is 6.20 Å². The minimum Gasteiger partial charge on any atom is -0.494 e. The van der Waals surface area contributed by atoms with Gasteiger partial charge in [-0.25, -0.2) is 4.98 Å². The molecule has 20 heavy (non-hydrogen) atoms.